The molecule has 0 aromatic heterocycles. The minimum Gasteiger partial charge on any atom is -0.469 e. The lowest BCUT2D eigenvalue weighted by Gasteiger charge is -2.42. The van der Waals surface area contributed by atoms with Crippen LogP contribution in [0.4, 0.5) is 30.7 Å². The number of nitrogens with zero attached hydrogens (tertiary/aromatic N) is 2. The van der Waals surface area contributed by atoms with Crippen LogP contribution < -0.4 is 0 Å². The Balaban J connectivity index is 1.58. The topological polar surface area (TPSA) is 68.3 Å². The van der Waals surface area contributed by atoms with E-state index in [4.69, 9.17) is 14.2 Å². The van der Waals surface area contributed by atoms with E-state index in [2.05, 4.69) is 0 Å². The lowest BCUT2D eigenvalue weighted by Crippen LogP contribution is -2.49. The summed E-state index contributed by atoms with van der Waals surface area (Å²) in [6.45, 7) is 2.40. The molecule has 0 bridgehead atoms. The molecule has 0 saturated carbocycles. The average molecular weight is 607 g/mol. The van der Waals surface area contributed by atoms with Gasteiger partial charge in [0.05, 0.1) is 42.9 Å². The second kappa shape index (κ2) is 12.6. The molecule has 2 aromatic rings. The Morgan fingerprint density at radius 2 is 1.64 bits per heavy atom. The van der Waals surface area contributed by atoms with Crippen molar-refractivity contribution >= 4 is 11.9 Å². The second-order valence-corrected chi connectivity index (χ2v) is 10.2. The van der Waals surface area contributed by atoms with Crippen molar-refractivity contribution in [2.45, 2.75) is 44.1 Å². The number of alkyl halides is 6. The van der Waals surface area contributed by atoms with Crippen molar-refractivity contribution in [1.82, 2.24) is 9.80 Å². The number of hydrogen-bond donors (Lipinski definition) is 0. The lowest BCUT2D eigenvalue weighted by molar-refractivity contribution is -0.229. The van der Waals surface area contributed by atoms with E-state index in [1.807, 2.05) is 4.90 Å². The first-order chi connectivity index (χ1) is 19.7. The number of benzene rings is 2. The zero-order valence-corrected chi connectivity index (χ0v) is 22.7. The highest BCUT2D eigenvalue weighted by Gasteiger charge is 2.40. The highest BCUT2D eigenvalue weighted by atomic mass is 19.4. The predicted octanol–water partition coefficient (Wildman–Crippen LogP) is 5.36. The molecule has 2 fully saturated rings. The largest absolute Gasteiger partial charge is 0.469 e. The molecule has 7 nitrogen and oxygen atoms in total. The molecule has 0 N–H and O–H groups in total. The Morgan fingerprint density at radius 1 is 1.02 bits per heavy atom. The van der Waals surface area contributed by atoms with E-state index in [1.54, 1.807) is 0 Å². The summed E-state index contributed by atoms with van der Waals surface area (Å²) < 4.78 is 111. The summed E-state index contributed by atoms with van der Waals surface area (Å²) >= 11 is 0. The third-order valence-corrected chi connectivity index (χ3v) is 7.35. The van der Waals surface area contributed by atoms with E-state index in [0.717, 1.165) is 0 Å². The summed E-state index contributed by atoms with van der Waals surface area (Å²) in [7, 11) is 1.24. The standard InChI is InChI=1S/C28H29F7N2O5/c1-16(18-11-20(27(30,31)32)14-21(12-18)28(33,34)35)42-26-24(17-3-5-22(29)6-4-17)36(9-10-41-26)7-8-37-15-19(13-23(37)38)25(39)40-2/h3-6,11-12,14,16,19,24,26H,7-10,13,15H2,1-2H3/t16-,19?,24+,26-/m1/s1. The summed E-state index contributed by atoms with van der Waals surface area (Å²) in [5, 5.41) is 0. The number of methoxy groups -OCH3 is 1. The maximum Gasteiger partial charge on any atom is 0.416 e. The molecule has 0 aliphatic carbocycles. The highest BCUT2D eigenvalue weighted by Crippen LogP contribution is 2.39. The Hall–Kier alpha value is -3.23. The fourth-order valence-corrected chi connectivity index (χ4v) is 5.14. The van der Waals surface area contributed by atoms with Gasteiger partial charge in [0, 0.05) is 32.6 Å². The normalized spacial score (nSPS) is 22.8. The number of morpholine rings is 1. The van der Waals surface area contributed by atoms with Crippen LogP contribution in [0.5, 0.6) is 0 Å². The third-order valence-electron chi connectivity index (χ3n) is 7.35. The monoisotopic (exact) mass is 606 g/mol. The molecule has 0 radical (unpaired) electrons. The molecule has 14 heteroatoms. The molecule has 1 unspecified atom stereocenters. The van der Waals surface area contributed by atoms with Crippen LogP contribution in [-0.4, -0.2) is 67.9 Å². The zero-order chi connectivity index (χ0) is 30.8. The van der Waals surface area contributed by atoms with Gasteiger partial charge in [0.15, 0.2) is 6.29 Å². The molecular weight excluding hydrogens is 577 g/mol. The molecule has 2 aliphatic rings. The maximum absolute atomic E-state index is 13.7. The van der Waals surface area contributed by atoms with Crippen LogP contribution >= 0.6 is 0 Å². The van der Waals surface area contributed by atoms with Crippen LogP contribution in [0.25, 0.3) is 0 Å². The molecule has 4 rings (SSSR count). The SMILES string of the molecule is COC(=O)C1CC(=O)N(CCN2CCO[C@H](O[C@H](C)c3cc(C(F)(F)F)cc(C(F)(F)F)c3)[C@@H]2c2ccc(F)cc2)C1. The molecule has 2 aliphatic heterocycles. The van der Waals surface area contributed by atoms with Crippen LogP contribution in [-0.2, 0) is 36.2 Å². The number of carbonyl (C=O) groups excluding carboxylic acids is 2. The van der Waals surface area contributed by atoms with Gasteiger partial charge >= 0.3 is 18.3 Å². The van der Waals surface area contributed by atoms with Crippen LogP contribution in [0.1, 0.15) is 47.7 Å². The number of amides is 1. The van der Waals surface area contributed by atoms with Gasteiger partial charge in [0.2, 0.25) is 5.91 Å². The Morgan fingerprint density at radius 3 is 2.21 bits per heavy atom. The Labute approximate surface area is 237 Å². The summed E-state index contributed by atoms with van der Waals surface area (Å²) in [4.78, 5) is 27.8. The number of halogens is 7. The summed E-state index contributed by atoms with van der Waals surface area (Å²) in [5.41, 5.74) is -2.77. The lowest BCUT2D eigenvalue weighted by atomic mass is 10.0. The van der Waals surface area contributed by atoms with Gasteiger partial charge in [0.25, 0.3) is 0 Å². The van der Waals surface area contributed by atoms with Gasteiger partial charge in [-0.25, -0.2) is 4.39 Å². The van der Waals surface area contributed by atoms with Gasteiger partial charge in [0.1, 0.15) is 5.82 Å². The molecule has 2 heterocycles. The van der Waals surface area contributed by atoms with E-state index >= 15 is 0 Å². The van der Waals surface area contributed by atoms with Crippen molar-refractivity contribution < 1.29 is 54.5 Å². The van der Waals surface area contributed by atoms with Gasteiger partial charge < -0.3 is 19.1 Å². The van der Waals surface area contributed by atoms with Gasteiger partial charge in [-0.05, 0) is 48.4 Å². The molecule has 0 spiro atoms. The average Bonchev–Trinajstić information content (AvgIpc) is 3.31. The molecule has 230 valence electrons. The van der Waals surface area contributed by atoms with Crippen LogP contribution in [0.2, 0.25) is 0 Å². The Kier molecular flexibility index (Phi) is 9.48. The minimum atomic E-state index is -5.02. The van der Waals surface area contributed by atoms with Gasteiger partial charge in [-0.15, -0.1) is 0 Å². The smallest absolute Gasteiger partial charge is 0.416 e. The van der Waals surface area contributed by atoms with E-state index < -0.39 is 59.6 Å². The van der Waals surface area contributed by atoms with Crippen LogP contribution in [0.3, 0.4) is 0 Å². The minimum absolute atomic E-state index is 0.0112. The molecule has 2 aromatic carbocycles. The number of rotatable bonds is 8. The molecule has 42 heavy (non-hydrogen) atoms. The first kappa shape index (κ1) is 31.7. The summed E-state index contributed by atoms with van der Waals surface area (Å²) in [6, 6.07) is 5.86. The fourth-order valence-electron chi connectivity index (χ4n) is 5.14. The third kappa shape index (κ3) is 7.39. The number of ether oxygens (including phenoxy) is 3. The number of likely N-dealkylation sites (tertiary alicyclic amines) is 1. The highest BCUT2D eigenvalue weighted by molar-refractivity contribution is 5.86. The van der Waals surface area contributed by atoms with E-state index in [-0.39, 0.29) is 50.2 Å². The molecular formula is C28H29F7N2O5. The van der Waals surface area contributed by atoms with Crippen LogP contribution in [0.15, 0.2) is 42.5 Å². The summed E-state index contributed by atoms with van der Waals surface area (Å²) in [6.07, 6.45) is -12.5. The van der Waals surface area contributed by atoms with Crippen LogP contribution in [0, 0.1) is 11.7 Å². The number of hydrogen-bond acceptors (Lipinski definition) is 6. The van der Waals surface area contributed by atoms with Crippen molar-refractivity contribution in [2.75, 3.05) is 39.9 Å². The van der Waals surface area contributed by atoms with Crippen molar-refractivity contribution in [3.63, 3.8) is 0 Å². The Bertz CT molecular complexity index is 1240. The van der Waals surface area contributed by atoms with Gasteiger partial charge in [-0.1, -0.05) is 12.1 Å². The fraction of sp³-hybridized carbons (Fsp3) is 0.500. The van der Waals surface area contributed by atoms with Crippen molar-refractivity contribution in [3.05, 3.63) is 70.5 Å². The molecule has 4 atom stereocenters. The van der Waals surface area contributed by atoms with Crippen molar-refractivity contribution in [3.8, 4) is 0 Å². The molecule has 1 amide bonds. The zero-order valence-electron chi connectivity index (χ0n) is 22.7. The number of carbonyl (C=O) groups is 2. The van der Waals surface area contributed by atoms with Gasteiger partial charge in [-0.2, -0.15) is 26.3 Å². The van der Waals surface area contributed by atoms with E-state index in [0.29, 0.717) is 24.2 Å². The predicted molar refractivity (Wildman–Crippen MR) is 133 cm³/mol. The second-order valence-electron chi connectivity index (χ2n) is 10.2. The van der Waals surface area contributed by atoms with E-state index in [9.17, 15) is 40.3 Å². The first-order valence-electron chi connectivity index (χ1n) is 13.1. The number of esters is 1. The molecule has 2 saturated heterocycles. The quantitative estimate of drug-likeness (QED) is 0.298. The maximum atomic E-state index is 13.7. The van der Waals surface area contributed by atoms with E-state index in [1.165, 1.54) is 43.2 Å². The first-order valence-corrected chi connectivity index (χ1v) is 13.1. The van der Waals surface area contributed by atoms with Gasteiger partial charge in [-0.3, -0.25) is 14.5 Å². The summed E-state index contributed by atoms with van der Waals surface area (Å²) in [5.74, 6) is -1.84. The van der Waals surface area contributed by atoms with Crippen molar-refractivity contribution in [1.29, 1.82) is 0 Å². The van der Waals surface area contributed by atoms with Crippen molar-refractivity contribution in [2.24, 2.45) is 5.92 Å².